The van der Waals surface area contributed by atoms with Crippen LogP contribution in [0.3, 0.4) is 0 Å². The van der Waals surface area contributed by atoms with Crippen LogP contribution in [0.4, 0.5) is 0 Å². The van der Waals surface area contributed by atoms with Gasteiger partial charge in [-0.15, -0.1) is 0 Å². The summed E-state index contributed by atoms with van der Waals surface area (Å²) in [6.45, 7) is 8.16. The second-order valence-corrected chi connectivity index (χ2v) is 6.41. The average Bonchev–Trinajstić information content (AvgIpc) is 2.65. The zero-order chi connectivity index (χ0) is 15.7. The fraction of sp³-hybridized carbons (Fsp3) is 0.533. The summed E-state index contributed by atoms with van der Waals surface area (Å²) in [5.41, 5.74) is 1.26. The van der Waals surface area contributed by atoms with Gasteiger partial charge in [0.1, 0.15) is 0 Å². The Morgan fingerprint density at radius 2 is 1.95 bits per heavy atom. The summed E-state index contributed by atoms with van der Waals surface area (Å²) in [6, 6.07) is 3.78. The monoisotopic (exact) mass is 307 g/mol. The Bertz CT molecular complexity index is 529. The minimum atomic E-state index is -0.383. The lowest BCUT2D eigenvalue weighted by Crippen LogP contribution is -2.41. The summed E-state index contributed by atoms with van der Waals surface area (Å²) in [6.07, 6.45) is 3.73. The topological polar surface area (TPSA) is 40.6 Å². The van der Waals surface area contributed by atoms with Crippen LogP contribution in [-0.2, 0) is 9.31 Å². The number of ether oxygens (including phenoxy) is 1. The molecule has 2 heterocycles. The normalized spacial score (nSPS) is 20.7. The quantitative estimate of drug-likeness (QED) is 0.686. The van der Waals surface area contributed by atoms with Crippen LogP contribution in [0.5, 0.6) is 5.88 Å². The molecule has 1 aromatic rings. The van der Waals surface area contributed by atoms with Crippen molar-refractivity contribution in [2.45, 2.75) is 38.9 Å². The first kappa shape index (κ1) is 16.4. The first-order valence-corrected chi connectivity index (χ1v) is 7.59. The van der Waals surface area contributed by atoms with Gasteiger partial charge in [0.2, 0.25) is 5.88 Å². The minimum absolute atomic E-state index is 0.352. The third-order valence-corrected chi connectivity index (χ3v) is 4.42. The molecule has 4 nitrogen and oxygen atoms in total. The molecule has 1 saturated heterocycles. The molecule has 114 valence electrons. The lowest BCUT2D eigenvalue weighted by Gasteiger charge is -2.32. The molecule has 0 atom stereocenters. The largest absolute Gasteiger partial charge is 0.491 e. The molecule has 0 saturated carbocycles. The Hall–Kier alpha value is -0.975. The van der Waals surface area contributed by atoms with E-state index in [9.17, 15) is 0 Å². The van der Waals surface area contributed by atoms with Crippen molar-refractivity contribution in [3.05, 3.63) is 29.4 Å². The smallest absolute Gasteiger partial charge is 0.481 e. The van der Waals surface area contributed by atoms with Crippen LogP contribution in [0.15, 0.2) is 23.8 Å². The molecule has 0 unspecified atom stereocenters. The van der Waals surface area contributed by atoms with Crippen LogP contribution < -0.4 is 4.74 Å². The predicted octanol–water partition coefficient (Wildman–Crippen LogP) is 3.03. The van der Waals surface area contributed by atoms with Gasteiger partial charge in [-0.2, -0.15) is 12.6 Å². The average molecular weight is 307 g/mol. The Balaban J connectivity index is 2.26. The number of pyridine rings is 1. The van der Waals surface area contributed by atoms with E-state index in [1.807, 2.05) is 45.9 Å². The number of rotatable bonds is 4. The highest BCUT2D eigenvalue weighted by atomic mass is 32.1. The molecule has 0 radical (unpaired) electrons. The Kier molecular flexibility index (Phi) is 4.71. The first-order valence-electron chi connectivity index (χ1n) is 6.96. The third-order valence-electron chi connectivity index (χ3n) is 4.06. The van der Waals surface area contributed by atoms with Crippen LogP contribution in [0, 0.1) is 0 Å². The van der Waals surface area contributed by atoms with Gasteiger partial charge in [-0.1, -0.05) is 6.08 Å². The van der Waals surface area contributed by atoms with Gasteiger partial charge in [0.25, 0.3) is 0 Å². The minimum Gasteiger partial charge on any atom is -0.481 e. The van der Waals surface area contributed by atoms with E-state index in [4.69, 9.17) is 14.0 Å². The number of thiol groups is 1. The van der Waals surface area contributed by atoms with Crippen molar-refractivity contribution in [1.82, 2.24) is 4.98 Å². The van der Waals surface area contributed by atoms with Crippen LogP contribution in [0.25, 0.3) is 6.08 Å². The van der Waals surface area contributed by atoms with Crippen molar-refractivity contribution >= 4 is 25.8 Å². The van der Waals surface area contributed by atoms with Crippen molar-refractivity contribution in [2.75, 3.05) is 12.9 Å². The molecule has 0 spiro atoms. The molecule has 1 aliphatic rings. The molecule has 0 bridgehead atoms. The number of methoxy groups -OCH3 is 1. The van der Waals surface area contributed by atoms with E-state index in [2.05, 4.69) is 17.6 Å². The van der Waals surface area contributed by atoms with Gasteiger partial charge in [0.15, 0.2) is 0 Å². The number of hydrogen-bond donors (Lipinski definition) is 1. The maximum absolute atomic E-state index is 6.06. The van der Waals surface area contributed by atoms with E-state index < -0.39 is 0 Å². The lowest BCUT2D eigenvalue weighted by atomic mass is 9.78. The summed E-state index contributed by atoms with van der Waals surface area (Å²) in [5.74, 6) is 1.14. The van der Waals surface area contributed by atoms with E-state index in [0.717, 1.165) is 11.0 Å². The maximum atomic E-state index is 6.06. The van der Waals surface area contributed by atoms with Crippen molar-refractivity contribution < 1.29 is 14.0 Å². The predicted molar refractivity (Wildman–Crippen MR) is 88.7 cm³/mol. The van der Waals surface area contributed by atoms with Gasteiger partial charge in [0.05, 0.1) is 18.3 Å². The summed E-state index contributed by atoms with van der Waals surface area (Å²) in [7, 11) is 1.22. The number of aromatic nitrogens is 1. The van der Waals surface area contributed by atoms with Crippen molar-refractivity contribution in [3.63, 3.8) is 0 Å². The zero-order valence-corrected chi connectivity index (χ0v) is 14.1. The second-order valence-electron chi connectivity index (χ2n) is 6.10. The van der Waals surface area contributed by atoms with E-state index in [1.165, 1.54) is 0 Å². The third kappa shape index (κ3) is 3.44. The molecule has 1 fully saturated rings. The van der Waals surface area contributed by atoms with Crippen molar-refractivity contribution in [1.29, 1.82) is 0 Å². The van der Waals surface area contributed by atoms with Crippen LogP contribution >= 0.6 is 12.6 Å². The number of hydrogen-bond acceptors (Lipinski definition) is 5. The molecule has 0 aromatic carbocycles. The molecule has 0 aliphatic carbocycles. The van der Waals surface area contributed by atoms with Crippen molar-refractivity contribution in [3.8, 4) is 5.88 Å². The Morgan fingerprint density at radius 1 is 1.33 bits per heavy atom. The second kappa shape index (κ2) is 6.03. The summed E-state index contributed by atoms with van der Waals surface area (Å²) < 4.78 is 17.3. The summed E-state index contributed by atoms with van der Waals surface area (Å²) in [4.78, 5) is 4.10. The van der Waals surface area contributed by atoms with E-state index in [1.54, 1.807) is 13.3 Å². The molecule has 6 heteroatoms. The fourth-order valence-electron chi connectivity index (χ4n) is 2.02. The standard InChI is InChI=1S/C15H22BNO3S/c1-14(2)15(3,4)20-16(19-14)12(10-21)8-11-6-7-17-13(9-11)18-5/h6-9,21H,10H2,1-5H3. The first-order chi connectivity index (χ1) is 9.79. The van der Waals surface area contributed by atoms with Gasteiger partial charge in [-0.05, 0) is 44.8 Å². The van der Waals surface area contributed by atoms with E-state index >= 15 is 0 Å². The molecule has 2 rings (SSSR count). The number of nitrogens with zero attached hydrogens (tertiary/aromatic N) is 1. The molecule has 21 heavy (non-hydrogen) atoms. The lowest BCUT2D eigenvalue weighted by molar-refractivity contribution is 0.00578. The highest BCUT2D eigenvalue weighted by Crippen LogP contribution is 2.39. The zero-order valence-electron chi connectivity index (χ0n) is 13.2. The van der Waals surface area contributed by atoms with Gasteiger partial charge in [-0.3, -0.25) is 0 Å². The van der Waals surface area contributed by atoms with Gasteiger partial charge in [-0.25, -0.2) is 4.98 Å². The summed E-state index contributed by atoms with van der Waals surface area (Å²) in [5, 5.41) is 0. The summed E-state index contributed by atoms with van der Waals surface area (Å²) >= 11 is 4.41. The Morgan fingerprint density at radius 3 is 2.48 bits per heavy atom. The molecular weight excluding hydrogens is 285 g/mol. The van der Waals surface area contributed by atoms with Gasteiger partial charge in [0, 0.05) is 18.0 Å². The molecule has 1 aliphatic heterocycles. The van der Waals surface area contributed by atoms with E-state index in [0.29, 0.717) is 11.6 Å². The molecule has 0 N–H and O–H groups in total. The Labute approximate surface area is 132 Å². The van der Waals surface area contributed by atoms with Crippen LogP contribution in [-0.4, -0.2) is 36.2 Å². The maximum Gasteiger partial charge on any atom is 0.491 e. The molecular formula is C15H22BNO3S. The van der Waals surface area contributed by atoms with Crippen LogP contribution in [0.1, 0.15) is 33.3 Å². The van der Waals surface area contributed by atoms with Crippen LogP contribution in [0.2, 0.25) is 0 Å². The molecule has 1 aromatic heterocycles. The highest BCUT2D eigenvalue weighted by molar-refractivity contribution is 7.80. The van der Waals surface area contributed by atoms with Gasteiger partial charge < -0.3 is 14.0 Å². The molecule has 0 amide bonds. The fourth-order valence-corrected chi connectivity index (χ4v) is 2.26. The highest BCUT2D eigenvalue weighted by Gasteiger charge is 2.52. The van der Waals surface area contributed by atoms with Gasteiger partial charge >= 0.3 is 7.12 Å². The SMILES string of the molecule is COc1cc(C=C(CS)B2OC(C)(C)C(C)(C)O2)ccn1. The van der Waals surface area contributed by atoms with E-state index in [-0.39, 0.29) is 18.3 Å². The van der Waals surface area contributed by atoms with Crippen molar-refractivity contribution in [2.24, 2.45) is 0 Å².